The second kappa shape index (κ2) is 2.86. The Kier molecular flexibility index (Phi) is 1.89. The molecule has 1 rings (SSSR count). The van der Waals surface area contributed by atoms with Crippen molar-refractivity contribution < 1.29 is 19.1 Å². The van der Waals surface area contributed by atoms with Crippen molar-refractivity contribution in [3.05, 3.63) is 12.5 Å². The Morgan fingerprint density at radius 2 is 2.60 bits per heavy atom. The predicted octanol–water partition coefficient (Wildman–Crippen LogP) is -0.897. The minimum atomic E-state index is -1.14. The number of ether oxygens (including phenoxy) is 2. The third-order valence-corrected chi connectivity index (χ3v) is 0.889. The van der Waals surface area contributed by atoms with Crippen molar-refractivity contribution in [2.24, 2.45) is 0 Å². The second-order valence-corrected chi connectivity index (χ2v) is 1.51. The van der Waals surface area contributed by atoms with Gasteiger partial charge in [-0.1, -0.05) is 0 Å². The lowest BCUT2D eigenvalue weighted by Crippen LogP contribution is -2.37. The first kappa shape index (κ1) is 6.60. The van der Waals surface area contributed by atoms with Crippen LogP contribution in [0.3, 0.4) is 0 Å². The largest absolute Gasteiger partial charge is 0.453 e. The highest BCUT2D eigenvalue weighted by molar-refractivity contribution is 5.81. The fraction of sp³-hybridized carbons (Fsp3) is 0.200. The average Bonchev–Trinajstić information content (AvgIpc) is 1.94. The summed E-state index contributed by atoms with van der Waals surface area (Å²) in [7, 11) is 0. The molecule has 1 aliphatic heterocycles. The number of nitrogens with one attached hydrogen (secondary N) is 1. The zero-order valence-electron chi connectivity index (χ0n) is 4.94. The Hall–Kier alpha value is -1.52. The van der Waals surface area contributed by atoms with Crippen LogP contribution >= 0.6 is 0 Å². The summed E-state index contributed by atoms with van der Waals surface area (Å²) in [5.41, 5.74) is 0. The van der Waals surface area contributed by atoms with Crippen LogP contribution in [0.4, 0.5) is 0 Å². The van der Waals surface area contributed by atoms with Crippen LogP contribution in [0.2, 0.25) is 0 Å². The Morgan fingerprint density at radius 3 is 3.20 bits per heavy atom. The van der Waals surface area contributed by atoms with Crippen LogP contribution in [-0.2, 0) is 19.1 Å². The van der Waals surface area contributed by atoms with Crippen molar-refractivity contribution in [3.8, 4) is 0 Å². The van der Waals surface area contributed by atoms with E-state index in [1.807, 2.05) is 0 Å². The molecule has 1 amide bonds. The van der Waals surface area contributed by atoms with Crippen LogP contribution in [0, 0.1) is 0 Å². The molecule has 0 aromatic heterocycles. The van der Waals surface area contributed by atoms with E-state index in [1.165, 1.54) is 12.5 Å². The van der Waals surface area contributed by atoms with Gasteiger partial charge in [-0.3, -0.25) is 9.59 Å². The summed E-state index contributed by atoms with van der Waals surface area (Å²) in [6.45, 7) is 0.156. The molecular formula is C5H5NO4. The van der Waals surface area contributed by atoms with Gasteiger partial charge in [-0.05, 0) is 0 Å². The van der Waals surface area contributed by atoms with E-state index in [9.17, 15) is 9.59 Å². The van der Waals surface area contributed by atoms with Gasteiger partial charge in [-0.2, -0.15) is 0 Å². The molecule has 0 radical (unpaired) electrons. The SMILES string of the molecule is O=COC1OC=CNC1=O. The monoisotopic (exact) mass is 143 g/mol. The van der Waals surface area contributed by atoms with Gasteiger partial charge < -0.3 is 14.8 Å². The van der Waals surface area contributed by atoms with Crippen molar-refractivity contribution in [2.45, 2.75) is 6.29 Å². The molecule has 0 aliphatic carbocycles. The number of carbonyl (C=O) groups excluding carboxylic acids is 2. The Labute approximate surface area is 56.6 Å². The van der Waals surface area contributed by atoms with Gasteiger partial charge >= 0.3 is 12.2 Å². The molecule has 0 fully saturated rings. The zero-order chi connectivity index (χ0) is 7.40. The third-order valence-electron chi connectivity index (χ3n) is 0.889. The quantitative estimate of drug-likeness (QED) is 0.509. The highest BCUT2D eigenvalue weighted by Gasteiger charge is 2.21. The molecule has 5 heteroatoms. The van der Waals surface area contributed by atoms with Crippen molar-refractivity contribution >= 4 is 12.4 Å². The van der Waals surface area contributed by atoms with Crippen LogP contribution in [0.5, 0.6) is 0 Å². The second-order valence-electron chi connectivity index (χ2n) is 1.51. The summed E-state index contributed by atoms with van der Waals surface area (Å²) >= 11 is 0. The molecule has 1 heterocycles. The lowest BCUT2D eigenvalue weighted by molar-refractivity contribution is -0.168. The first-order chi connectivity index (χ1) is 4.84. The van der Waals surface area contributed by atoms with Crippen molar-refractivity contribution in [1.29, 1.82) is 0 Å². The van der Waals surface area contributed by atoms with E-state index in [0.29, 0.717) is 0 Å². The number of hydrogen-bond acceptors (Lipinski definition) is 4. The number of carbonyl (C=O) groups is 2. The highest BCUT2D eigenvalue weighted by atomic mass is 16.7. The first-order valence-corrected chi connectivity index (χ1v) is 2.54. The molecule has 5 nitrogen and oxygen atoms in total. The predicted molar refractivity (Wildman–Crippen MR) is 29.3 cm³/mol. The van der Waals surface area contributed by atoms with E-state index in [1.54, 1.807) is 0 Å². The molecule has 0 saturated carbocycles. The van der Waals surface area contributed by atoms with Gasteiger partial charge in [0, 0.05) is 6.20 Å². The van der Waals surface area contributed by atoms with Crippen LogP contribution < -0.4 is 5.32 Å². The molecule has 0 aromatic carbocycles. The number of hydrogen-bond donors (Lipinski definition) is 1. The fourth-order valence-electron chi connectivity index (χ4n) is 0.501. The van der Waals surface area contributed by atoms with Gasteiger partial charge in [0.15, 0.2) is 0 Å². The van der Waals surface area contributed by atoms with E-state index in [0.717, 1.165) is 0 Å². The molecule has 0 aromatic rings. The molecular weight excluding hydrogens is 138 g/mol. The standard InChI is InChI=1S/C5H5NO4/c7-3-10-5-4(8)6-1-2-9-5/h1-3,5H,(H,6,8). The molecule has 10 heavy (non-hydrogen) atoms. The van der Waals surface area contributed by atoms with Crippen molar-refractivity contribution in [1.82, 2.24) is 5.32 Å². The minimum absolute atomic E-state index is 0.156. The van der Waals surface area contributed by atoms with Gasteiger partial charge in [-0.15, -0.1) is 0 Å². The van der Waals surface area contributed by atoms with Crippen LogP contribution in [-0.4, -0.2) is 18.7 Å². The number of amides is 1. The van der Waals surface area contributed by atoms with Crippen molar-refractivity contribution in [3.63, 3.8) is 0 Å². The molecule has 1 aliphatic rings. The van der Waals surface area contributed by atoms with E-state index in [4.69, 9.17) is 0 Å². The zero-order valence-corrected chi connectivity index (χ0v) is 4.94. The van der Waals surface area contributed by atoms with Gasteiger partial charge in [0.25, 0.3) is 6.47 Å². The van der Waals surface area contributed by atoms with Crippen LogP contribution in [0.15, 0.2) is 12.5 Å². The Morgan fingerprint density at radius 1 is 1.80 bits per heavy atom. The van der Waals surface area contributed by atoms with Crippen molar-refractivity contribution in [2.75, 3.05) is 0 Å². The Balaban J connectivity index is 2.50. The summed E-state index contributed by atoms with van der Waals surface area (Å²) in [5.74, 6) is -0.491. The molecule has 54 valence electrons. The smallest absolute Gasteiger partial charge is 0.323 e. The van der Waals surface area contributed by atoms with Gasteiger partial charge in [0.1, 0.15) is 6.26 Å². The van der Waals surface area contributed by atoms with E-state index >= 15 is 0 Å². The fourth-order valence-corrected chi connectivity index (χ4v) is 0.501. The first-order valence-electron chi connectivity index (χ1n) is 2.54. The normalized spacial score (nSPS) is 22.8. The van der Waals surface area contributed by atoms with Crippen LogP contribution in [0.25, 0.3) is 0 Å². The third kappa shape index (κ3) is 1.25. The summed E-state index contributed by atoms with van der Waals surface area (Å²) in [6, 6.07) is 0. The lowest BCUT2D eigenvalue weighted by atomic mass is 10.5. The molecule has 0 bridgehead atoms. The minimum Gasteiger partial charge on any atom is -0.453 e. The average molecular weight is 143 g/mol. The highest BCUT2D eigenvalue weighted by Crippen LogP contribution is 1.98. The Bertz CT molecular complexity index is 176. The molecule has 0 saturated heterocycles. The summed E-state index contributed by atoms with van der Waals surface area (Å²) < 4.78 is 8.81. The summed E-state index contributed by atoms with van der Waals surface area (Å²) in [4.78, 5) is 20.3. The van der Waals surface area contributed by atoms with Crippen LogP contribution in [0.1, 0.15) is 0 Å². The molecule has 1 unspecified atom stereocenters. The summed E-state index contributed by atoms with van der Waals surface area (Å²) in [5, 5.41) is 2.29. The maximum Gasteiger partial charge on any atom is 0.323 e. The van der Waals surface area contributed by atoms with Gasteiger partial charge in [-0.25, -0.2) is 0 Å². The maximum absolute atomic E-state index is 10.6. The molecule has 1 atom stereocenters. The summed E-state index contributed by atoms with van der Waals surface area (Å²) in [6.07, 6.45) is 1.41. The van der Waals surface area contributed by atoms with Gasteiger partial charge in [0.2, 0.25) is 0 Å². The van der Waals surface area contributed by atoms with E-state index < -0.39 is 12.2 Å². The van der Waals surface area contributed by atoms with E-state index in [2.05, 4.69) is 14.8 Å². The van der Waals surface area contributed by atoms with E-state index in [-0.39, 0.29) is 6.47 Å². The molecule has 0 spiro atoms. The topological polar surface area (TPSA) is 64.6 Å². The number of rotatable bonds is 2. The lowest BCUT2D eigenvalue weighted by Gasteiger charge is -2.15. The van der Waals surface area contributed by atoms with Gasteiger partial charge in [0.05, 0.1) is 0 Å². The maximum atomic E-state index is 10.6. The molecule has 1 N–H and O–H groups in total.